The molecule has 1 aliphatic rings. The fraction of sp³-hybridized carbons (Fsp3) is 0.429. The second kappa shape index (κ2) is 9.58. The second-order valence-electron chi connectivity index (χ2n) is 7.33. The number of hydrogen-bond acceptors (Lipinski definition) is 6. The van der Waals surface area contributed by atoms with Crippen LogP contribution in [0.25, 0.3) is 0 Å². The molecule has 2 aromatic rings. The molecule has 3 rings (SSSR count). The molecule has 7 nitrogen and oxygen atoms in total. The third-order valence-electron chi connectivity index (χ3n) is 5.17. The number of rotatable bonds is 8. The van der Waals surface area contributed by atoms with Gasteiger partial charge in [-0.3, -0.25) is 4.55 Å². The van der Waals surface area contributed by atoms with Gasteiger partial charge in [0.05, 0.1) is 23.3 Å². The third kappa shape index (κ3) is 5.70. The molecule has 1 atom stereocenters. The van der Waals surface area contributed by atoms with Crippen LogP contribution in [-0.2, 0) is 10.1 Å². The minimum atomic E-state index is -4.40. The van der Waals surface area contributed by atoms with E-state index in [4.69, 9.17) is 9.84 Å². The van der Waals surface area contributed by atoms with Crippen molar-refractivity contribution in [1.82, 2.24) is 0 Å². The highest BCUT2D eigenvalue weighted by Gasteiger charge is 2.21. The minimum absolute atomic E-state index is 0.0579. The lowest BCUT2D eigenvalue weighted by Crippen LogP contribution is -2.23. The largest absolute Gasteiger partial charge is 0.455 e. The van der Waals surface area contributed by atoms with Crippen LogP contribution in [0.4, 0.5) is 5.69 Å². The second-order valence-corrected chi connectivity index (χ2v) is 8.75. The average Bonchev–Trinajstić information content (AvgIpc) is 2.73. The molecule has 0 heterocycles. The summed E-state index contributed by atoms with van der Waals surface area (Å²) in [5.41, 5.74) is 1.52. The van der Waals surface area contributed by atoms with E-state index in [1.54, 1.807) is 0 Å². The van der Waals surface area contributed by atoms with Gasteiger partial charge in [-0.05, 0) is 42.5 Å². The van der Waals surface area contributed by atoms with Crippen molar-refractivity contribution >= 4 is 15.8 Å². The van der Waals surface area contributed by atoms with Crippen LogP contribution >= 0.6 is 0 Å². The Bertz CT molecular complexity index is 925. The van der Waals surface area contributed by atoms with E-state index in [9.17, 15) is 18.1 Å². The summed E-state index contributed by atoms with van der Waals surface area (Å²) in [7, 11) is -4.40. The number of aliphatic hydroxyl groups excluding tert-OH is 2. The van der Waals surface area contributed by atoms with Crippen LogP contribution in [0.3, 0.4) is 0 Å². The Morgan fingerprint density at radius 1 is 1.07 bits per heavy atom. The Hall–Kier alpha value is -2.13. The van der Waals surface area contributed by atoms with Gasteiger partial charge in [0.1, 0.15) is 5.75 Å². The summed E-state index contributed by atoms with van der Waals surface area (Å²) in [6, 6.07) is 11.7. The predicted octanol–water partition coefficient (Wildman–Crippen LogP) is 3.54. The van der Waals surface area contributed by atoms with Gasteiger partial charge in [-0.2, -0.15) is 8.42 Å². The summed E-state index contributed by atoms with van der Waals surface area (Å²) >= 11 is 0. The number of nitrogens with one attached hydrogen (secondary N) is 1. The molecule has 158 valence electrons. The number of aliphatic hydroxyl groups is 2. The van der Waals surface area contributed by atoms with Crippen molar-refractivity contribution in [2.24, 2.45) is 0 Å². The van der Waals surface area contributed by atoms with Crippen molar-refractivity contribution < 1.29 is 27.9 Å². The van der Waals surface area contributed by atoms with Gasteiger partial charge in [0.15, 0.2) is 5.75 Å². The van der Waals surface area contributed by atoms with Crippen molar-refractivity contribution in [3.05, 3.63) is 48.0 Å². The normalized spacial score (nSPS) is 16.4. The van der Waals surface area contributed by atoms with E-state index in [0.717, 1.165) is 18.4 Å². The van der Waals surface area contributed by atoms with Gasteiger partial charge in [-0.15, -0.1) is 0 Å². The van der Waals surface area contributed by atoms with Gasteiger partial charge in [0.25, 0.3) is 10.1 Å². The fourth-order valence-electron chi connectivity index (χ4n) is 3.63. The van der Waals surface area contributed by atoms with E-state index in [2.05, 4.69) is 5.32 Å². The summed E-state index contributed by atoms with van der Waals surface area (Å²) in [6.07, 6.45) is 4.76. The lowest BCUT2D eigenvalue weighted by Gasteiger charge is -2.24. The van der Waals surface area contributed by atoms with Crippen LogP contribution < -0.4 is 10.1 Å². The monoisotopic (exact) mass is 421 g/mol. The summed E-state index contributed by atoms with van der Waals surface area (Å²) in [5.74, 6) is 1.24. The molecule has 0 radical (unpaired) electrons. The molecule has 1 unspecified atom stereocenters. The number of hydrogen-bond donors (Lipinski definition) is 4. The standard InChI is InChI=1S/C21H27NO6S/c23-14-16(24)13-22-19-11-10-17(29(25,26)27)12-21(19)28-20-9-5-4-8-18(20)15-6-2-1-3-7-15/h4-5,8-12,15-16,22-24H,1-3,6-7,13-14H2,(H,25,26,27). The molecule has 29 heavy (non-hydrogen) atoms. The van der Waals surface area contributed by atoms with Crippen LogP contribution in [0.2, 0.25) is 0 Å². The maximum Gasteiger partial charge on any atom is 0.294 e. The number of benzene rings is 2. The molecule has 8 heteroatoms. The average molecular weight is 422 g/mol. The lowest BCUT2D eigenvalue weighted by atomic mass is 9.84. The van der Waals surface area contributed by atoms with Gasteiger partial charge in [-0.25, -0.2) is 0 Å². The van der Waals surface area contributed by atoms with E-state index in [0.29, 0.717) is 17.4 Å². The molecule has 1 aliphatic carbocycles. The Labute approximate surface area is 171 Å². The van der Waals surface area contributed by atoms with Gasteiger partial charge in [0.2, 0.25) is 0 Å². The minimum Gasteiger partial charge on any atom is -0.455 e. The van der Waals surface area contributed by atoms with Crippen molar-refractivity contribution in [1.29, 1.82) is 0 Å². The molecule has 1 saturated carbocycles. The fourth-order valence-corrected chi connectivity index (χ4v) is 4.12. The summed E-state index contributed by atoms with van der Waals surface area (Å²) in [5, 5.41) is 21.6. The van der Waals surface area contributed by atoms with Gasteiger partial charge >= 0.3 is 0 Å². The quantitative estimate of drug-likeness (QED) is 0.482. The van der Waals surface area contributed by atoms with Crippen molar-refractivity contribution in [2.45, 2.75) is 49.0 Å². The predicted molar refractivity (Wildman–Crippen MR) is 110 cm³/mol. The molecule has 0 saturated heterocycles. The molecule has 0 spiro atoms. The van der Waals surface area contributed by atoms with E-state index >= 15 is 0 Å². The van der Waals surface area contributed by atoms with Crippen molar-refractivity contribution in [2.75, 3.05) is 18.5 Å². The third-order valence-corrected chi connectivity index (χ3v) is 6.02. The number of ether oxygens (including phenoxy) is 1. The van der Waals surface area contributed by atoms with Crippen LogP contribution in [0.1, 0.15) is 43.6 Å². The number of anilines is 1. The molecule has 0 amide bonds. The molecule has 4 N–H and O–H groups in total. The Morgan fingerprint density at radius 3 is 2.48 bits per heavy atom. The Balaban J connectivity index is 1.94. The maximum atomic E-state index is 11.6. The number of para-hydroxylation sites is 1. The molecule has 1 fully saturated rings. The summed E-state index contributed by atoms with van der Waals surface area (Å²) in [6.45, 7) is -0.348. The van der Waals surface area contributed by atoms with Crippen LogP contribution in [0.15, 0.2) is 47.4 Å². The van der Waals surface area contributed by atoms with E-state index in [-0.39, 0.29) is 17.2 Å². The Kier molecular flexibility index (Phi) is 7.13. The van der Waals surface area contributed by atoms with Crippen LogP contribution in [-0.4, -0.2) is 42.4 Å². The first kappa shape index (κ1) is 21.6. The maximum absolute atomic E-state index is 11.6. The van der Waals surface area contributed by atoms with E-state index in [1.807, 2.05) is 24.3 Å². The summed E-state index contributed by atoms with van der Waals surface area (Å²) in [4.78, 5) is -0.282. The first-order chi connectivity index (χ1) is 13.9. The molecule has 0 aromatic heterocycles. The van der Waals surface area contributed by atoms with E-state index < -0.39 is 22.8 Å². The zero-order chi connectivity index (χ0) is 20.9. The van der Waals surface area contributed by atoms with Crippen LogP contribution in [0, 0.1) is 0 Å². The zero-order valence-corrected chi connectivity index (χ0v) is 16.9. The summed E-state index contributed by atoms with van der Waals surface area (Å²) < 4.78 is 38.7. The van der Waals surface area contributed by atoms with Crippen LogP contribution in [0.5, 0.6) is 11.5 Å². The lowest BCUT2D eigenvalue weighted by molar-refractivity contribution is 0.105. The van der Waals surface area contributed by atoms with E-state index in [1.165, 1.54) is 37.5 Å². The Morgan fingerprint density at radius 2 is 1.79 bits per heavy atom. The smallest absolute Gasteiger partial charge is 0.294 e. The molecule has 0 bridgehead atoms. The zero-order valence-electron chi connectivity index (χ0n) is 16.1. The first-order valence-electron chi connectivity index (χ1n) is 9.79. The topological polar surface area (TPSA) is 116 Å². The molecule has 0 aliphatic heterocycles. The highest BCUT2D eigenvalue weighted by Crippen LogP contribution is 2.40. The molecular formula is C21H27NO6S. The first-order valence-corrected chi connectivity index (χ1v) is 11.2. The van der Waals surface area contributed by atoms with Gasteiger partial charge in [0, 0.05) is 12.6 Å². The van der Waals surface area contributed by atoms with Gasteiger partial charge in [-0.1, -0.05) is 37.5 Å². The highest BCUT2D eigenvalue weighted by atomic mass is 32.2. The molecular weight excluding hydrogens is 394 g/mol. The SMILES string of the molecule is O=S(=O)(O)c1ccc(NCC(O)CO)c(Oc2ccccc2C2CCCCC2)c1. The van der Waals surface area contributed by atoms with Crippen molar-refractivity contribution in [3.8, 4) is 11.5 Å². The van der Waals surface area contributed by atoms with Gasteiger partial charge < -0.3 is 20.3 Å². The molecule has 2 aromatic carbocycles. The highest BCUT2D eigenvalue weighted by molar-refractivity contribution is 7.85. The van der Waals surface area contributed by atoms with Crippen molar-refractivity contribution in [3.63, 3.8) is 0 Å².